The van der Waals surface area contributed by atoms with Crippen LogP contribution in [0.2, 0.25) is 0 Å². The summed E-state index contributed by atoms with van der Waals surface area (Å²) in [5.74, 6) is 0.892. The minimum atomic E-state index is -0.858. The third-order valence-electron chi connectivity index (χ3n) is 7.35. The van der Waals surface area contributed by atoms with Gasteiger partial charge < -0.3 is 19.8 Å². The zero-order chi connectivity index (χ0) is 25.9. The number of hydrogen-bond acceptors (Lipinski definition) is 5. The molecular weight excluding hydrogens is 498 g/mol. The molecule has 1 fully saturated rings. The van der Waals surface area contributed by atoms with Crippen molar-refractivity contribution in [3.8, 4) is 11.5 Å². The monoisotopic (exact) mass is 529 g/mol. The van der Waals surface area contributed by atoms with Crippen LogP contribution < -0.4 is 19.7 Å². The average Bonchev–Trinajstić information content (AvgIpc) is 3.62. The lowest BCUT2D eigenvalue weighted by molar-refractivity contribution is -0.127. The van der Waals surface area contributed by atoms with E-state index in [1.807, 2.05) is 66.2 Å². The van der Waals surface area contributed by atoms with Gasteiger partial charge in [0.15, 0.2) is 11.5 Å². The van der Waals surface area contributed by atoms with E-state index in [9.17, 15) is 9.59 Å². The second-order valence-electron chi connectivity index (χ2n) is 9.88. The van der Waals surface area contributed by atoms with Crippen molar-refractivity contribution in [1.82, 2.24) is 10.3 Å². The van der Waals surface area contributed by atoms with E-state index in [1.165, 1.54) is 17.8 Å². The molecule has 3 heterocycles. The molecule has 1 aliphatic carbocycles. The van der Waals surface area contributed by atoms with Gasteiger partial charge in [0.2, 0.25) is 11.8 Å². The van der Waals surface area contributed by atoms with Crippen LogP contribution in [0.1, 0.15) is 48.6 Å². The van der Waals surface area contributed by atoms with Crippen LogP contribution in [0.25, 0.3) is 10.9 Å². The fraction of sp³-hybridized carbons (Fsp3) is 0.333. The summed E-state index contributed by atoms with van der Waals surface area (Å²) in [6.07, 6.45) is 7.37. The molecule has 4 aromatic rings. The lowest BCUT2D eigenvalue weighted by atomic mass is 9.94. The molecule has 0 unspecified atom stereocenters. The number of nitrogens with zero attached hydrogens (tertiary/aromatic N) is 1. The van der Waals surface area contributed by atoms with Gasteiger partial charge in [-0.2, -0.15) is 0 Å². The topological polar surface area (TPSA) is 83.7 Å². The van der Waals surface area contributed by atoms with Crippen LogP contribution in [-0.4, -0.2) is 36.1 Å². The summed E-state index contributed by atoms with van der Waals surface area (Å²) in [4.78, 5) is 34.2. The minimum Gasteiger partial charge on any atom is -0.486 e. The minimum absolute atomic E-state index is 0.110. The molecule has 0 saturated heterocycles. The van der Waals surface area contributed by atoms with Crippen molar-refractivity contribution in [1.29, 1.82) is 0 Å². The molecule has 7 nitrogen and oxygen atoms in total. The number of aromatic nitrogens is 1. The maximum atomic E-state index is 14.2. The van der Waals surface area contributed by atoms with Crippen molar-refractivity contribution in [2.45, 2.75) is 50.6 Å². The van der Waals surface area contributed by atoms with E-state index >= 15 is 0 Å². The van der Waals surface area contributed by atoms with Gasteiger partial charge in [0.1, 0.15) is 19.3 Å². The molecule has 38 heavy (non-hydrogen) atoms. The van der Waals surface area contributed by atoms with Gasteiger partial charge in [-0.1, -0.05) is 43.5 Å². The van der Waals surface area contributed by atoms with Gasteiger partial charge in [-0.05, 0) is 42.5 Å². The van der Waals surface area contributed by atoms with Gasteiger partial charge in [0.25, 0.3) is 0 Å². The number of rotatable bonds is 7. The number of carbonyl (C=O) groups is 2. The summed E-state index contributed by atoms with van der Waals surface area (Å²) in [7, 11) is 0. The molecule has 0 bridgehead atoms. The van der Waals surface area contributed by atoms with Gasteiger partial charge in [0, 0.05) is 45.3 Å². The average molecular weight is 530 g/mol. The van der Waals surface area contributed by atoms with Crippen LogP contribution in [0.4, 0.5) is 5.69 Å². The Labute approximate surface area is 225 Å². The number of amides is 2. The first-order chi connectivity index (χ1) is 18.7. The molecule has 2 N–H and O–H groups in total. The predicted molar refractivity (Wildman–Crippen MR) is 149 cm³/mol. The molecule has 1 aliphatic heterocycles. The summed E-state index contributed by atoms with van der Waals surface area (Å²) in [6, 6.07) is 16.5. The first-order valence-corrected chi connectivity index (χ1v) is 14.2. The zero-order valence-electron chi connectivity index (χ0n) is 21.2. The lowest BCUT2D eigenvalue weighted by Crippen LogP contribution is -2.47. The smallest absolute Gasteiger partial charge is 0.248 e. The van der Waals surface area contributed by atoms with Crippen molar-refractivity contribution < 1.29 is 19.1 Å². The fourth-order valence-corrected chi connectivity index (χ4v) is 6.21. The number of benzene rings is 2. The zero-order valence-corrected chi connectivity index (χ0v) is 22.0. The molecule has 0 spiro atoms. The Hall–Kier alpha value is -3.78. The van der Waals surface area contributed by atoms with Crippen molar-refractivity contribution in [2.75, 3.05) is 18.1 Å². The van der Waals surface area contributed by atoms with Crippen molar-refractivity contribution in [3.05, 3.63) is 76.6 Å². The third kappa shape index (κ3) is 5.00. The summed E-state index contributed by atoms with van der Waals surface area (Å²) in [6.45, 7) is 0.919. The van der Waals surface area contributed by atoms with Crippen LogP contribution in [0.3, 0.4) is 0 Å². The Balaban J connectivity index is 1.46. The maximum Gasteiger partial charge on any atom is 0.248 e. The summed E-state index contributed by atoms with van der Waals surface area (Å²) in [5, 5.41) is 6.18. The molecule has 2 aromatic heterocycles. The highest BCUT2D eigenvalue weighted by molar-refractivity contribution is 7.10. The number of ether oxygens (including phenoxy) is 2. The number of thiophene rings is 1. The van der Waals surface area contributed by atoms with Crippen LogP contribution in [-0.2, 0) is 16.0 Å². The van der Waals surface area contributed by atoms with Crippen LogP contribution in [0.15, 0.2) is 66.2 Å². The molecule has 0 radical (unpaired) electrons. The van der Waals surface area contributed by atoms with E-state index in [2.05, 4.69) is 10.3 Å². The van der Waals surface area contributed by atoms with E-state index in [0.29, 0.717) is 30.4 Å². The van der Waals surface area contributed by atoms with Crippen molar-refractivity contribution >= 4 is 39.7 Å². The highest BCUT2D eigenvalue weighted by Crippen LogP contribution is 2.39. The van der Waals surface area contributed by atoms with Crippen LogP contribution >= 0.6 is 11.3 Å². The molecule has 8 heteroatoms. The molecule has 2 amide bonds. The summed E-state index contributed by atoms with van der Waals surface area (Å²) < 4.78 is 11.6. The Morgan fingerprint density at radius 2 is 1.82 bits per heavy atom. The second kappa shape index (κ2) is 10.9. The van der Waals surface area contributed by atoms with Crippen LogP contribution in [0, 0.1) is 0 Å². The standard InChI is InChI=1S/C30H31N3O4S/c34-28(18-22-9-6-16-38-22)33(21-12-13-26-27(17-21)37-15-14-36-26)29(30(35)32-20-7-2-1-3-8-20)24-19-31-25-11-5-4-10-23(24)25/h4-6,9-13,16-17,19-20,29,31H,1-3,7-8,14-15,18H2,(H,32,35)/t29-/m0/s1. The number of H-pyrrole nitrogens is 1. The number of nitrogens with one attached hydrogen (secondary N) is 2. The summed E-state index contributed by atoms with van der Waals surface area (Å²) in [5.41, 5.74) is 2.29. The van der Waals surface area contributed by atoms with E-state index in [4.69, 9.17) is 9.47 Å². The first-order valence-electron chi connectivity index (χ1n) is 13.3. The molecule has 6 rings (SSSR count). The third-order valence-corrected chi connectivity index (χ3v) is 8.23. The van der Waals surface area contributed by atoms with E-state index in [1.54, 1.807) is 4.90 Å². The predicted octanol–water partition coefficient (Wildman–Crippen LogP) is 5.77. The Morgan fingerprint density at radius 3 is 2.63 bits per heavy atom. The number of aromatic amines is 1. The van der Waals surface area contributed by atoms with Gasteiger partial charge in [-0.25, -0.2) is 0 Å². The fourth-order valence-electron chi connectivity index (χ4n) is 5.51. The molecule has 196 valence electrons. The number of hydrogen-bond donors (Lipinski definition) is 2. The number of para-hydroxylation sites is 1. The first kappa shape index (κ1) is 24.6. The highest BCUT2D eigenvalue weighted by atomic mass is 32.1. The number of anilines is 1. The molecule has 2 aromatic carbocycles. The normalized spacial score (nSPS) is 16.2. The van der Waals surface area contributed by atoms with Gasteiger partial charge in [-0.15, -0.1) is 11.3 Å². The summed E-state index contributed by atoms with van der Waals surface area (Å²) >= 11 is 1.54. The molecule has 2 aliphatic rings. The molecule has 1 atom stereocenters. The quantitative estimate of drug-likeness (QED) is 0.319. The Kier molecular flexibility index (Phi) is 7.05. The number of carbonyl (C=O) groups excluding carboxylic acids is 2. The van der Waals surface area contributed by atoms with Gasteiger partial charge in [-0.3, -0.25) is 14.5 Å². The van der Waals surface area contributed by atoms with Crippen molar-refractivity contribution in [2.24, 2.45) is 0 Å². The second-order valence-corrected chi connectivity index (χ2v) is 10.9. The largest absolute Gasteiger partial charge is 0.486 e. The maximum absolute atomic E-state index is 14.2. The van der Waals surface area contributed by atoms with Gasteiger partial charge in [0.05, 0.1) is 6.42 Å². The van der Waals surface area contributed by atoms with E-state index in [-0.39, 0.29) is 24.3 Å². The van der Waals surface area contributed by atoms with E-state index < -0.39 is 6.04 Å². The van der Waals surface area contributed by atoms with E-state index in [0.717, 1.165) is 47.0 Å². The van der Waals surface area contributed by atoms with Gasteiger partial charge >= 0.3 is 0 Å². The lowest BCUT2D eigenvalue weighted by Gasteiger charge is -2.34. The molecular formula is C30H31N3O4S. The number of fused-ring (bicyclic) bond motifs is 2. The molecule has 1 saturated carbocycles. The Morgan fingerprint density at radius 1 is 1.00 bits per heavy atom. The highest BCUT2D eigenvalue weighted by Gasteiger charge is 2.36. The SMILES string of the molecule is O=C(NC1CCCCC1)[C@H](c1c[nH]c2ccccc12)N(C(=O)Cc1cccs1)c1ccc2c(c1)OCCO2. The van der Waals surface area contributed by atoms with Crippen molar-refractivity contribution in [3.63, 3.8) is 0 Å². The Bertz CT molecular complexity index is 1420. The van der Waals surface area contributed by atoms with Crippen LogP contribution in [0.5, 0.6) is 11.5 Å².